The lowest BCUT2D eigenvalue weighted by atomic mass is 10.1. The molecule has 0 radical (unpaired) electrons. The van der Waals surface area contributed by atoms with E-state index in [1.807, 2.05) is 12.3 Å². The van der Waals surface area contributed by atoms with E-state index >= 15 is 0 Å². The van der Waals surface area contributed by atoms with E-state index in [9.17, 15) is 0 Å². The number of nitrogens with zero attached hydrogens (tertiary/aromatic N) is 1. The summed E-state index contributed by atoms with van der Waals surface area (Å²) in [5, 5.41) is 0. The Morgan fingerprint density at radius 3 is 2.75 bits per heavy atom. The molecule has 1 aromatic rings. The highest BCUT2D eigenvalue weighted by Gasteiger charge is 2.01. The second-order valence-corrected chi connectivity index (χ2v) is 4.16. The standard InChI is InChI=1S/C9H13BrN2/c1-6(2)3-7-4-8(10)9(11)12-5-7/h4-6H,3H2,1-2H3,(H2,11,12). The van der Waals surface area contributed by atoms with Gasteiger partial charge in [0.2, 0.25) is 0 Å². The Morgan fingerprint density at radius 2 is 2.25 bits per heavy atom. The van der Waals surface area contributed by atoms with Gasteiger partial charge in [0.05, 0.1) is 4.47 Å². The molecule has 0 unspecified atom stereocenters. The molecule has 1 aromatic heterocycles. The minimum Gasteiger partial charge on any atom is -0.383 e. The second-order valence-electron chi connectivity index (χ2n) is 3.31. The Labute approximate surface area is 81.3 Å². The number of hydrogen-bond acceptors (Lipinski definition) is 2. The summed E-state index contributed by atoms with van der Waals surface area (Å²) in [6.07, 6.45) is 2.88. The molecule has 12 heavy (non-hydrogen) atoms. The number of pyridine rings is 1. The Hall–Kier alpha value is -0.570. The normalized spacial score (nSPS) is 10.7. The predicted molar refractivity (Wildman–Crippen MR) is 54.9 cm³/mol. The van der Waals surface area contributed by atoms with E-state index in [1.54, 1.807) is 0 Å². The molecular weight excluding hydrogens is 216 g/mol. The van der Waals surface area contributed by atoms with Gasteiger partial charge in [-0.25, -0.2) is 4.98 Å². The smallest absolute Gasteiger partial charge is 0.137 e. The quantitative estimate of drug-likeness (QED) is 0.846. The molecular formula is C9H13BrN2. The first-order chi connectivity index (χ1) is 5.59. The van der Waals surface area contributed by atoms with Crippen molar-refractivity contribution in [3.05, 3.63) is 22.3 Å². The van der Waals surface area contributed by atoms with E-state index in [2.05, 4.69) is 34.8 Å². The van der Waals surface area contributed by atoms with Crippen LogP contribution in [-0.4, -0.2) is 4.98 Å². The summed E-state index contributed by atoms with van der Waals surface area (Å²) in [4.78, 5) is 4.06. The molecule has 3 heteroatoms. The lowest BCUT2D eigenvalue weighted by Gasteiger charge is -2.05. The van der Waals surface area contributed by atoms with Gasteiger partial charge in [-0.05, 0) is 39.9 Å². The third kappa shape index (κ3) is 2.48. The molecule has 0 amide bonds. The summed E-state index contributed by atoms with van der Waals surface area (Å²) in [6, 6.07) is 2.03. The van der Waals surface area contributed by atoms with Crippen molar-refractivity contribution in [3.8, 4) is 0 Å². The summed E-state index contributed by atoms with van der Waals surface area (Å²) >= 11 is 3.35. The zero-order valence-electron chi connectivity index (χ0n) is 7.34. The van der Waals surface area contributed by atoms with Gasteiger partial charge >= 0.3 is 0 Å². The number of hydrogen-bond donors (Lipinski definition) is 1. The van der Waals surface area contributed by atoms with Crippen molar-refractivity contribution >= 4 is 21.7 Å². The molecule has 66 valence electrons. The van der Waals surface area contributed by atoms with Gasteiger partial charge < -0.3 is 5.73 Å². The Morgan fingerprint density at radius 1 is 1.58 bits per heavy atom. The lowest BCUT2D eigenvalue weighted by Crippen LogP contribution is -1.97. The fourth-order valence-corrected chi connectivity index (χ4v) is 1.47. The highest BCUT2D eigenvalue weighted by molar-refractivity contribution is 9.10. The van der Waals surface area contributed by atoms with Crippen molar-refractivity contribution in [2.75, 3.05) is 5.73 Å². The maximum Gasteiger partial charge on any atom is 0.137 e. The van der Waals surface area contributed by atoms with E-state index < -0.39 is 0 Å². The van der Waals surface area contributed by atoms with Crippen LogP contribution in [0.5, 0.6) is 0 Å². The van der Waals surface area contributed by atoms with Gasteiger partial charge in [0, 0.05) is 6.20 Å². The minimum atomic E-state index is 0.558. The van der Waals surface area contributed by atoms with Crippen molar-refractivity contribution in [1.82, 2.24) is 4.98 Å². The van der Waals surface area contributed by atoms with Crippen LogP contribution >= 0.6 is 15.9 Å². The van der Waals surface area contributed by atoms with Gasteiger partial charge in [0.1, 0.15) is 5.82 Å². The van der Waals surface area contributed by atoms with Crippen LogP contribution in [0.15, 0.2) is 16.7 Å². The van der Waals surface area contributed by atoms with Crippen LogP contribution in [0.1, 0.15) is 19.4 Å². The molecule has 0 aliphatic heterocycles. The zero-order chi connectivity index (χ0) is 9.14. The molecule has 2 N–H and O–H groups in total. The largest absolute Gasteiger partial charge is 0.383 e. The molecule has 0 saturated carbocycles. The Bertz CT molecular complexity index is 271. The van der Waals surface area contributed by atoms with Crippen molar-refractivity contribution in [3.63, 3.8) is 0 Å². The molecule has 0 spiro atoms. The molecule has 0 bridgehead atoms. The maximum absolute atomic E-state index is 5.56. The fourth-order valence-electron chi connectivity index (χ4n) is 1.07. The molecule has 2 nitrogen and oxygen atoms in total. The van der Waals surface area contributed by atoms with Crippen LogP contribution in [0.3, 0.4) is 0 Å². The lowest BCUT2D eigenvalue weighted by molar-refractivity contribution is 0.645. The fraction of sp³-hybridized carbons (Fsp3) is 0.444. The van der Waals surface area contributed by atoms with Gasteiger partial charge in [0.25, 0.3) is 0 Å². The van der Waals surface area contributed by atoms with Crippen LogP contribution in [0.25, 0.3) is 0 Å². The summed E-state index contributed by atoms with van der Waals surface area (Å²) in [7, 11) is 0. The van der Waals surface area contributed by atoms with E-state index in [1.165, 1.54) is 5.56 Å². The molecule has 0 aromatic carbocycles. The first-order valence-electron chi connectivity index (χ1n) is 3.99. The molecule has 1 rings (SSSR count). The van der Waals surface area contributed by atoms with Gasteiger partial charge in [-0.2, -0.15) is 0 Å². The first-order valence-corrected chi connectivity index (χ1v) is 4.78. The maximum atomic E-state index is 5.56. The van der Waals surface area contributed by atoms with Crippen LogP contribution in [0.2, 0.25) is 0 Å². The van der Waals surface area contributed by atoms with Gasteiger partial charge in [-0.3, -0.25) is 0 Å². The minimum absolute atomic E-state index is 0.558. The number of anilines is 1. The van der Waals surface area contributed by atoms with Crippen molar-refractivity contribution in [2.24, 2.45) is 5.92 Å². The summed E-state index contributed by atoms with van der Waals surface area (Å²) in [6.45, 7) is 4.37. The van der Waals surface area contributed by atoms with E-state index in [-0.39, 0.29) is 0 Å². The Kier molecular flexibility index (Phi) is 3.09. The third-order valence-electron chi connectivity index (χ3n) is 1.57. The van der Waals surface area contributed by atoms with Crippen LogP contribution < -0.4 is 5.73 Å². The summed E-state index contributed by atoms with van der Waals surface area (Å²) in [5.74, 6) is 1.21. The number of halogens is 1. The predicted octanol–water partition coefficient (Wildman–Crippen LogP) is 2.62. The van der Waals surface area contributed by atoms with Crippen molar-refractivity contribution < 1.29 is 0 Å². The molecule has 0 aliphatic rings. The van der Waals surface area contributed by atoms with Gasteiger partial charge in [-0.1, -0.05) is 13.8 Å². The molecule has 0 fully saturated rings. The van der Waals surface area contributed by atoms with Crippen molar-refractivity contribution in [1.29, 1.82) is 0 Å². The Balaban J connectivity index is 2.82. The average Bonchev–Trinajstić information content (AvgIpc) is 1.96. The summed E-state index contributed by atoms with van der Waals surface area (Å²) in [5.41, 5.74) is 6.79. The molecule has 1 heterocycles. The van der Waals surface area contributed by atoms with Crippen LogP contribution in [0, 0.1) is 5.92 Å². The van der Waals surface area contributed by atoms with Crippen LogP contribution in [0.4, 0.5) is 5.82 Å². The number of nitrogen functional groups attached to an aromatic ring is 1. The van der Waals surface area contributed by atoms with Gasteiger partial charge in [0.15, 0.2) is 0 Å². The molecule has 0 atom stereocenters. The SMILES string of the molecule is CC(C)Cc1cnc(N)c(Br)c1. The third-order valence-corrected chi connectivity index (χ3v) is 2.21. The second kappa shape index (κ2) is 3.90. The highest BCUT2D eigenvalue weighted by Crippen LogP contribution is 2.19. The summed E-state index contributed by atoms with van der Waals surface area (Å²) < 4.78 is 0.889. The average molecular weight is 229 g/mol. The topological polar surface area (TPSA) is 38.9 Å². The molecule has 0 saturated heterocycles. The van der Waals surface area contributed by atoms with Gasteiger partial charge in [-0.15, -0.1) is 0 Å². The molecule has 0 aliphatic carbocycles. The van der Waals surface area contributed by atoms with E-state index in [0.717, 1.165) is 10.9 Å². The van der Waals surface area contributed by atoms with E-state index in [4.69, 9.17) is 5.73 Å². The number of rotatable bonds is 2. The van der Waals surface area contributed by atoms with Crippen molar-refractivity contribution in [2.45, 2.75) is 20.3 Å². The van der Waals surface area contributed by atoms with Crippen LogP contribution in [-0.2, 0) is 6.42 Å². The first kappa shape index (κ1) is 9.52. The number of nitrogens with two attached hydrogens (primary N) is 1. The monoisotopic (exact) mass is 228 g/mol. The highest BCUT2D eigenvalue weighted by atomic mass is 79.9. The zero-order valence-corrected chi connectivity index (χ0v) is 8.93. The number of aromatic nitrogens is 1. The van der Waals surface area contributed by atoms with E-state index in [0.29, 0.717) is 11.7 Å².